The molecule has 1 aliphatic heterocycles. The Morgan fingerprint density at radius 1 is 1.14 bits per heavy atom. The molecular weight excluding hydrogens is 354 g/mol. The summed E-state index contributed by atoms with van der Waals surface area (Å²) in [5, 5.41) is 10.6. The summed E-state index contributed by atoms with van der Waals surface area (Å²) >= 11 is 0. The molecule has 1 atom stereocenters. The van der Waals surface area contributed by atoms with Gasteiger partial charge < -0.3 is 9.80 Å². The molecule has 1 N–H and O–H groups in total. The second-order valence-corrected chi connectivity index (χ2v) is 7.10. The van der Waals surface area contributed by atoms with Gasteiger partial charge in [0.05, 0.1) is 0 Å². The van der Waals surface area contributed by atoms with Crippen molar-refractivity contribution in [2.24, 2.45) is 0 Å². The van der Waals surface area contributed by atoms with Crippen LogP contribution in [0.3, 0.4) is 0 Å². The van der Waals surface area contributed by atoms with E-state index in [9.17, 15) is 9.59 Å². The largest absolute Gasteiger partial charge is 0.336 e. The molecule has 4 rings (SSSR count). The van der Waals surface area contributed by atoms with Crippen LogP contribution < -0.4 is 0 Å². The molecule has 0 unspecified atom stereocenters. The van der Waals surface area contributed by atoms with Crippen molar-refractivity contribution in [2.45, 2.75) is 32.4 Å². The van der Waals surface area contributed by atoms with Crippen LogP contribution in [0.4, 0.5) is 0 Å². The van der Waals surface area contributed by atoms with E-state index >= 15 is 0 Å². The number of benzene rings is 2. The van der Waals surface area contributed by atoms with Gasteiger partial charge in [-0.25, -0.2) is 0 Å². The van der Waals surface area contributed by atoms with Crippen molar-refractivity contribution >= 4 is 22.8 Å². The first-order chi connectivity index (χ1) is 13.7. The number of aromatic amines is 1. The number of rotatable bonds is 4. The SMILES string of the molecule is CC[C@@H]1CN(C(=O)c2ccc3n[nH]nc3c2)CCC(=O)N1Cc1ccccc1. The molecule has 7 nitrogen and oxygen atoms in total. The second kappa shape index (κ2) is 7.80. The highest BCUT2D eigenvalue weighted by Crippen LogP contribution is 2.20. The van der Waals surface area contributed by atoms with Crippen molar-refractivity contribution in [3.8, 4) is 0 Å². The average Bonchev–Trinajstić information content (AvgIpc) is 3.14. The van der Waals surface area contributed by atoms with Crippen LogP contribution >= 0.6 is 0 Å². The predicted molar refractivity (Wildman–Crippen MR) is 105 cm³/mol. The molecule has 2 aromatic carbocycles. The van der Waals surface area contributed by atoms with Gasteiger partial charge in [0.1, 0.15) is 11.0 Å². The summed E-state index contributed by atoms with van der Waals surface area (Å²) in [6, 6.07) is 15.3. The monoisotopic (exact) mass is 377 g/mol. The Morgan fingerprint density at radius 3 is 2.71 bits per heavy atom. The van der Waals surface area contributed by atoms with Crippen molar-refractivity contribution in [1.82, 2.24) is 25.2 Å². The van der Waals surface area contributed by atoms with Gasteiger partial charge in [0, 0.05) is 37.7 Å². The van der Waals surface area contributed by atoms with E-state index in [1.807, 2.05) is 35.2 Å². The summed E-state index contributed by atoms with van der Waals surface area (Å²) in [7, 11) is 0. The fourth-order valence-corrected chi connectivity index (χ4v) is 3.71. The maximum atomic E-state index is 13.1. The van der Waals surface area contributed by atoms with Gasteiger partial charge in [-0.2, -0.15) is 15.4 Å². The van der Waals surface area contributed by atoms with E-state index in [0.29, 0.717) is 37.1 Å². The van der Waals surface area contributed by atoms with Crippen LogP contribution in [0.15, 0.2) is 48.5 Å². The number of nitrogens with one attached hydrogen (secondary N) is 1. The molecule has 0 bridgehead atoms. The topological polar surface area (TPSA) is 82.2 Å². The van der Waals surface area contributed by atoms with Crippen LogP contribution in [0.1, 0.15) is 35.7 Å². The fraction of sp³-hybridized carbons (Fsp3) is 0.333. The van der Waals surface area contributed by atoms with Crippen molar-refractivity contribution in [3.63, 3.8) is 0 Å². The van der Waals surface area contributed by atoms with Gasteiger partial charge >= 0.3 is 0 Å². The minimum Gasteiger partial charge on any atom is -0.336 e. The summed E-state index contributed by atoms with van der Waals surface area (Å²) < 4.78 is 0. The quantitative estimate of drug-likeness (QED) is 0.758. The Labute approximate surface area is 163 Å². The normalized spacial score (nSPS) is 17.8. The third kappa shape index (κ3) is 3.60. The number of aromatic nitrogens is 3. The van der Waals surface area contributed by atoms with Crippen molar-refractivity contribution in [3.05, 3.63) is 59.7 Å². The molecule has 1 aromatic heterocycles. The van der Waals surface area contributed by atoms with E-state index in [-0.39, 0.29) is 17.9 Å². The fourth-order valence-electron chi connectivity index (χ4n) is 3.71. The first kappa shape index (κ1) is 18.2. The molecule has 28 heavy (non-hydrogen) atoms. The van der Waals surface area contributed by atoms with E-state index in [2.05, 4.69) is 22.3 Å². The molecule has 7 heteroatoms. The first-order valence-corrected chi connectivity index (χ1v) is 9.59. The lowest BCUT2D eigenvalue weighted by Gasteiger charge is -2.31. The number of hydrogen-bond acceptors (Lipinski definition) is 4. The highest BCUT2D eigenvalue weighted by molar-refractivity contribution is 5.97. The van der Waals surface area contributed by atoms with Crippen LogP contribution in [0.2, 0.25) is 0 Å². The molecule has 0 spiro atoms. The van der Waals surface area contributed by atoms with Crippen LogP contribution in [0.5, 0.6) is 0 Å². The molecule has 1 aliphatic rings. The number of nitrogens with zero attached hydrogens (tertiary/aromatic N) is 4. The molecule has 0 aliphatic carbocycles. The van der Waals surface area contributed by atoms with Crippen LogP contribution in [-0.2, 0) is 11.3 Å². The Hall–Kier alpha value is -3.22. The van der Waals surface area contributed by atoms with Crippen molar-refractivity contribution in [1.29, 1.82) is 0 Å². The number of H-pyrrole nitrogens is 1. The third-order valence-corrected chi connectivity index (χ3v) is 5.31. The smallest absolute Gasteiger partial charge is 0.254 e. The number of amides is 2. The molecule has 2 heterocycles. The Balaban J connectivity index is 1.54. The average molecular weight is 377 g/mol. The lowest BCUT2D eigenvalue weighted by atomic mass is 10.1. The zero-order valence-electron chi connectivity index (χ0n) is 15.8. The molecule has 144 valence electrons. The molecular formula is C21H23N5O2. The summed E-state index contributed by atoms with van der Waals surface area (Å²) in [5.74, 6) is 0.0238. The lowest BCUT2D eigenvalue weighted by Crippen LogP contribution is -2.43. The first-order valence-electron chi connectivity index (χ1n) is 9.59. The number of hydrogen-bond donors (Lipinski definition) is 1. The molecule has 1 fully saturated rings. The lowest BCUT2D eigenvalue weighted by molar-refractivity contribution is -0.133. The van der Waals surface area contributed by atoms with Gasteiger partial charge in [-0.05, 0) is 30.2 Å². The van der Waals surface area contributed by atoms with E-state index in [0.717, 1.165) is 17.5 Å². The summed E-state index contributed by atoms with van der Waals surface area (Å²) in [6.45, 7) is 3.59. The van der Waals surface area contributed by atoms with Gasteiger partial charge in [0.15, 0.2) is 0 Å². The Bertz CT molecular complexity index is 985. The molecule has 1 saturated heterocycles. The molecule has 2 amide bonds. The van der Waals surface area contributed by atoms with E-state index in [4.69, 9.17) is 0 Å². The standard InChI is InChI=1S/C21H23N5O2/c1-2-17-14-25(21(28)16-8-9-18-19(12-16)23-24-22-18)11-10-20(27)26(17)13-15-6-4-3-5-7-15/h3-9,12,17H,2,10-11,13-14H2,1H3,(H,22,23,24)/t17-/m1/s1. The van der Waals surface area contributed by atoms with Gasteiger partial charge in [-0.15, -0.1) is 0 Å². The molecule has 0 radical (unpaired) electrons. The van der Waals surface area contributed by atoms with Gasteiger partial charge in [-0.3, -0.25) is 9.59 Å². The zero-order valence-corrected chi connectivity index (χ0v) is 15.8. The molecule has 0 saturated carbocycles. The molecule has 3 aromatic rings. The minimum absolute atomic E-state index is 0.00469. The summed E-state index contributed by atoms with van der Waals surface area (Å²) in [4.78, 5) is 29.6. The maximum absolute atomic E-state index is 13.1. The van der Waals surface area contributed by atoms with Crippen molar-refractivity contribution in [2.75, 3.05) is 13.1 Å². The summed E-state index contributed by atoms with van der Waals surface area (Å²) in [6.07, 6.45) is 1.13. The van der Waals surface area contributed by atoms with E-state index in [1.165, 1.54) is 0 Å². The van der Waals surface area contributed by atoms with E-state index < -0.39 is 0 Å². The Kier molecular flexibility index (Phi) is 5.06. The van der Waals surface area contributed by atoms with Gasteiger partial charge in [0.25, 0.3) is 5.91 Å². The van der Waals surface area contributed by atoms with Gasteiger partial charge in [0.2, 0.25) is 5.91 Å². The maximum Gasteiger partial charge on any atom is 0.254 e. The van der Waals surface area contributed by atoms with Crippen LogP contribution in [-0.4, -0.2) is 56.2 Å². The minimum atomic E-state index is -0.0716. The summed E-state index contributed by atoms with van der Waals surface area (Å²) in [5.41, 5.74) is 3.06. The highest BCUT2D eigenvalue weighted by atomic mass is 16.2. The Morgan fingerprint density at radius 2 is 1.93 bits per heavy atom. The number of carbonyl (C=O) groups is 2. The van der Waals surface area contributed by atoms with E-state index in [1.54, 1.807) is 23.1 Å². The second-order valence-electron chi connectivity index (χ2n) is 7.10. The third-order valence-electron chi connectivity index (χ3n) is 5.31. The van der Waals surface area contributed by atoms with Gasteiger partial charge in [-0.1, -0.05) is 37.3 Å². The highest BCUT2D eigenvalue weighted by Gasteiger charge is 2.31. The van der Waals surface area contributed by atoms with Crippen molar-refractivity contribution < 1.29 is 9.59 Å². The van der Waals surface area contributed by atoms with Crippen LogP contribution in [0, 0.1) is 0 Å². The number of fused-ring (bicyclic) bond motifs is 1. The number of carbonyl (C=O) groups excluding carboxylic acids is 2. The zero-order chi connectivity index (χ0) is 19.5. The van der Waals surface area contributed by atoms with Crippen LogP contribution in [0.25, 0.3) is 11.0 Å². The predicted octanol–water partition coefficient (Wildman–Crippen LogP) is 2.61.